The zero-order chi connectivity index (χ0) is 15.9. The highest BCUT2D eigenvalue weighted by Crippen LogP contribution is 2.34. The van der Waals surface area contributed by atoms with E-state index >= 15 is 0 Å². The van der Waals surface area contributed by atoms with E-state index < -0.39 is 0 Å². The molecule has 22 heavy (non-hydrogen) atoms. The van der Waals surface area contributed by atoms with Crippen LogP contribution in [0.4, 0.5) is 0 Å². The predicted molar refractivity (Wildman–Crippen MR) is 87.9 cm³/mol. The summed E-state index contributed by atoms with van der Waals surface area (Å²) < 4.78 is 2.48. The van der Waals surface area contributed by atoms with Crippen molar-refractivity contribution in [1.29, 1.82) is 0 Å². The molecule has 3 rings (SSSR count). The molecule has 0 aliphatic carbocycles. The molecule has 8 heteroatoms. The number of nitrogens with zero attached hydrogens (tertiary/aromatic N) is 4. The zero-order valence-electron chi connectivity index (χ0n) is 11.4. The number of phenolic OH excluding ortho intramolecular Hbond substituents is 1. The maximum Gasteiger partial charge on any atom is 0.211 e. The number of ketones is 1. The third-order valence-corrected chi connectivity index (χ3v) is 4.42. The number of aromatic nitrogens is 4. The number of aryl methyl sites for hydroxylation is 1. The summed E-state index contributed by atoms with van der Waals surface area (Å²) in [6.07, 6.45) is 2.98. The standard InChI is InChI=1S/C14H10Br2N4O2/c1-2-20-11(8-5-17-6-18-14(8)19-20)12(21)7-3-9(15)13(22)10(16)4-7/h3-6,22H,2H2,1H3. The smallest absolute Gasteiger partial charge is 0.211 e. The number of carbonyl (C=O) groups is 1. The van der Waals surface area contributed by atoms with E-state index in [2.05, 4.69) is 46.9 Å². The van der Waals surface area contributed by atoms with Crippen LogP contribution in [0.5, 0.6) is 5.75 Å². The van der Waals surface area contributed by atoms with Crippen LogP contribution in [0.25, 0.3) is 11.0 Å². The van der Waals surface area contributed by atoms with Gasteiger partial charge in [-0.15, -0.1) is 0 Å². The van der Waals surface area contributed by atoms with Crippen LogP contribution < -0.4 is 0 Å². The Bertz CT molecular complexity index is 869. The number of hydrogen-bond acceptors (Lipinski definition) is 5. The van der Waals surface area contributed by atoms with Gasteiger partial charge in [0.15, 0.2) is 5.65 Å². The Labute approximate surface area is 142 Å². The second-order valence-corrected chi connectivity index (χ2v) is 6.25. The minimum absolute atomic E-state index is 0.0498. The van der Waals surface area contributed by atoms with Crippen LogP contribution in [0.1, 0.15) is 23.0 Å². The van der Waals surface area contributed by atoms with Crippen LogP contribution in [-0.4, -0.2) is 30.6 Å². The van der Waals surface area contributed by atoms with E-state index in [1.165, 1.54) is 6.33 Å². The van der Waals surface area contributed by atoms with Gasteiger partial charge in [-0.25, -0.2) is 9.97 Å². The van der Waals surface area contributed by atoms with Crippen LogP contribution >= 0.6 is 31.9 Å². The molecule has 0 amide bonds. The second-order valence-electron chi connectivity index (χ2n) is 4.54. The minimum atomic E-state index is -0.208. The molecular weight excluding hydrogens is 416 g/mol. The van der Waals surface area contributed by atoms with Gasteiger partial charge in [0.25, 0.3) is 0 Å². The Morgan fingerprint density at radius 1 is 1.32 bits per heavy atom. The molecule has 3 aromatic rings. The first-order valence-corrected chi connectivity index (χ1v) is 8.00. The Morgan fingerprint density at radius 3 is 2.64 bits per heavy atom. The fraction of sp³-hybridized carbons (Fsp3) is 0.143. The van der Waals surface area contributed by atoms with Gasteiger partial charge in [-0.3, -0.25) is 9.48 Å². The average molecular weight is 426 g/mol. The van der Waals surface area contributed by atoms with Crippen LogP contribution in [-0.2, 0) is 6.54 Å². The monoisotopic (exact) mass is 424 g/mol. The van der Waals surface area contributed by atoms with E-state index in [1.54, 1.807) is 23.0 Å². The van der Waals surface area contributed by atoms with E-state index in [4.69, 9.17) is 0 Å². The molecule has 6 nitrogen and oxygen atoms in total. The van der Waals surface area contributed by atoms with Crippen molar-refractivity contribution in [3.63, 3.8) is 0 Å². The number of hydrogen-bond donors (Lipinski definition) is 1. The average Bonchev–Trinajstić information content (AvgIpc) is 2.89. The van der Waals surface area contributed by atoms with E-state index in [-0.39, 0.29) is 11.5 Å². The number of carbonyl (C=O) groups excluding carboxylic acids is 1. The molecule has 0 aliphatic heterocycles. The minimum Gasteiger partial charge on any atom is -0.506 e. The number of phenols is 1. The van der Waals surface area contributed by atoms with Gasteiger partial charge in [0, 0.05) is 18.3 Å². The van der Waals surface area contributed by atoms with Gasteiger partial charge in [0.1, 0.15) is 17.8 Å². The Balaban J connectivity index is 2.21. The van der Waals surface area contributed by atoms with Crippen molar-refractivity contribution in [2.75, 3.05) is 0 Å². The van der Waals surface area contributed by atoms with Crippen LogP contribution in [0.15, 0.2) is 33.6 Å². The highest BCUT2D eigenvalue weighted by Gasteiger charge is 2.21. The molecule has 0 spiro atoms. The summed E-state index contributed by atoms with van der Waals surface area (Å²) in [4.78, 5) is 20.9. The number of aromatic hydroxyl groups is 1. The molecule has 0 bridgehead atoms. The van der Waals surface area contributed by atoms with Crippen molar-refractivity contribution in [3.05, 3.63) is 44.9 Å². The predicted octanol–water partition coefficient (Wildman–Crippen LogP) is 3.31. The van der Waals surface area contributed by atoms with Crippen molar-refractivity contribution in [2.24, 2.45) is 0 Å². The molecule has 0 atom stereocenters. The van der Waals surface area contributed by atoms with Crippen molar-refractivity contribution in [2.45, 2.75) is 13.5 Å². The largest absolute Gasteiger partial charge is 0.506 e. The number of halogens is 2. The van der Waals surface area contributed by atoms with Gasteiger partial charge >= 0.3 is 0 Å². The highest BCUT2D eigenvalue weighted by molar-refractivity contribution is 9.11. The first-order valence-electron chi connectivity index (χ1n) is 6.42. The second kappa shape index (κ2) is 5.77. The molecule has 0 saturated carbocycles. The lowest BCUT2D eigenvalue weighted by atomic mass is 10.1. The Hall–Kier alpha value is -1.80. The third kappa shape index (κ3) is 2.42. The van der Waals surface area contributed by atoms with E-state index in [0.717, 1.165) is 0 Å². The van der Waals surface area contributed by atoms with Gasteiger partial charge in [0.05, 0.1) is 14.3 Å². The topological polar surface area (TPSA) is 80.9 Å². The number of rotatable bonds is 3. The highest BCUT2D eigenvalue weighted by atomic mass is 79.9. The molecule has 1 aromatic carbocycles. The first-order chi connectivity index (χ1) is 10.5. The summed E-state index contributed by atoms with van der Waals surface area (Å²) in [5, 5.41) is 14.7. The van der Waals surface area contributed by atoms with Crippen LogP contribution in [0.2, 0.25) is 0 Å². The molecule has 112 valence electrons. The molecule has 0 unspecified atom stereocenters. The quantitative estimate of drug-likeness (QED) is 0.651. The molecule has 2 heterocycles. The van der Waals surface area contributed by atoms with Gasteiger partial charge in [0.2, 0.25) is 5.78 Å². The maximum absolute atomic E-state index is 12.9. The van der Waals surface area contributed by atoms with E-state index in [1.807, 2.05) is 6.92 Å². The summed E-state index contributed by atoms with van der Waals surface area (Å²) in [5.41, 5.74) is 1.34. The van der Waals surface area contributed by atoms with Gasteiger partial charge in [-0.2, -0.15) is 5.10 Å². The molecule has 0 radical (unpaired) electrons. The third-order valence-electron chi connectivity index (χ3n) is 3.21. The summed E-state index contributed by atoms with van der Waals surface area (Å²) in [6.45, 7) is 2.44. The first kappa shape index (κ1) is 15.1. The summed E-state index contributed by atoms with van der Waals surface area (Å²) >= 11 is 6.47. The lowest BCUT2D eigenvalue weighted by Crippen LogP contribution is -2.11. The Morgan fingerprint density at radius 2 is 2.00 bits per heavy atom. The van der Waals surface area contributed by atoms with Crippen molar-refractivity contribution < 1.29 is 9.90 Å². The van der Waals surface area contributed by atoms with Crippen LogP contribution in [0, 0.1) is 0 Å². The van der Waals surface area contributed by atoms with Gasteiger partial charge in [-0.1, -0.05) is 0 Å². The fourth-order valence-corrected chi connectivity index (χ4v) is 3.36. The van der Waals surface area contributed by atoms with Crippen molar-refractivity contribution in [1.82, 2.24) is 19.7 Å². The van der Waals surface area contributed by atoms with Crippen molar-refractivity contribution in [3.8, 4) is 5.75 Å². The van der Waals surface area contributed by atoms with Gasteiger partial charge in [-0.05, 0) is 50.9 Å². The number of fused-ring (bicyclic) bond motifs is 1. The maximum atomic E-state index is 12.9. The van der Waals surface area contributed by atoms with E-state index in [9.17, 15) is 9.90 Å². The van der Waals surface area contributed by atoms with Gasteiger partial charge < -0.3 is 5.11 Å². The normalized spacial score (nSPS) is 11.0. The SMILES string of the molecule is CCn1nc2ncncc2c1C(=O)c1cc(Br)c(O)c(Br)c1. The molecule has 2 aromatic heterocycles. The summed E-state index contributed by atoms with van der Waals surface area (Å²) in [7, 11) is 0. The molecule has 0 fully saturated rings. The molecular formula is C14H10Br2N4O2. The molecule has 0 saturated heterocycles. The lowest BCUT2D eigenvalue weighted by Gasteiger charge is -2.07. The fourth-order valence-electron chi connectivity index (χ4n) is 2.17. The summed E-state index contributed by atoms with van der Waals surface area (Å²) in [5.74, 6) is -0.158. The van der Waals surface area contributed by atoms with Crippen molar-refractivity contribution >= 4 is 48.7 Å². The van der Waals surface area contributed by atoms with E-state index in [0.29, 0.717) is 37.8 Å². The zero-order valence-corrected chi connectivity index (χ0v) is 14.6. The lowest BCUT2D eigenvalue weighted by molar-refractivity contribution is 0.103. The molecule has 0 aliphatic rings. The Kier molecular flexibility index (Phi) is 3.96. The summed E-state index contributed by atoms with van der Waals surface area (Å²) in [6, 6.07) is 3.15. The number of benzene rings is 1. The molecule has 1 N–H and O–H groups in total. The van der Waals surface area contributed by atoms with Crippen LogP contribution in [0.3, 0.4) is 0 Å².